The van der Waals surface area contributed by atoms with Gasteiger partial charge in [-0.25, -0.2) is 14.4 Å². The van der Waals surface area contributed by atoms with Crippen molar-refractivity contribution in [3.8, 4) is 28.7 Å². The van der Waals surface area contributed by atoms with Gasteiger partial charge in [0.05, 0.1) is 30.3 Å². The van der Waals surface area contributed by atoms with Crippen molar-refractivity contribution in [2.45, 2.75) is 37.7 Å². The van der Waals surface area contributed by atoms with Gasteiger partial charge in [-0.15, -0.1) is 0 Å². The molecule has 0 spiro atoms. The Morgan fingerprint density at radius 1 is 1.07 bits per heavy atom. The molecule has 3 aromatic rings. The maximum atomic E-state index is 13.4. The van der Waals surface area contributed by atoms with Crippen LogP contribution >= 0.6 is 0 Å². The van der Waals surface area contributed by atoms with Gasteiger partial charge in [0, 0.05) is 17.7 Å². The van der Waals surface area contributed by atoms with Crippen LogP contribution in [0.1, 0.15) is 37.4 Å². The third-order valence-electron chi connectivity index (χ3n) is 5.00. The summed E-state index contributed by atoms with van der Waals surface area (Å²) in [6, 6.07) is 8.33. The Balaban J connectivity index is 1.78. The molecule has 0 unspecified atom stereocenters. The molecule has 6 nitrogen and oxygen atoms in total. The highest BCUT2D eigenvalue weighted by Crippen LogP contribution is 2.36. The second-order valence-electron chi connectivity index (χ2n) is 6.79. The fourth-order valence-electron chi connectivity index (χ4n) is 3.51. The van der Waals surface area contributed by atoms with Crippen molar-refractivity contribution in [2.75, 3.05) is 7.11 Å². The summed E-state index contributed by atoms with van der Waals surface area (Å²) in [5, 5.41) is 9.78. The van der Waals surface area contributed by atoms with Crippen LogP contribution in [0.5, 0.6) is 6.01 Å². The van der Waals surface area contributed by atoms with Crippen LogP contribution in [0.3, 0.4) is 0 Å². The van der Waals surface area contributed by atoms with Crippen LogP contribution in [-0.4, -0.2) is 38.3 Å². The minimum atomic E-state index is -0.291. The lowest BCUT2D eigenvalue weighted by Crippen LogP contribution is -2.17. The first-order valence-corrected chi connectivity index (χ1v) is 9.05. The van der Waals surface area contributed by atoms with Crippen molar-refractivity contribution in [2.24, 2.45) is 0 Å². The van der Waals surface area contributed by atoms with Gasteiger partial charge in [-0.1, -0.05) is 0 Å². The van der Waals surface area contributed by atoms with Gasteiger partial charge < -0.3 is 14.8 Å². The SMILES string of the molecule is COc1nccc(-c2[nH]c(C3CCC(O)CC3)nc2-c2ccc(F)cc2)n1. The molecule has 4 rings (SSSR count). The van der Waals surface area contributed by atoms with E-state index in [0.29, 0.717) is 5.69 Å². The number of hydrogen-bond acceptors (Lipinski definition) is 5. The smallest absolute Gasteiger partial charge is 0.316 e. The average molecular weight is 368 g/mol. The summed E-state index contributed by atoms with van der Waals surface area (Å²) in [4.78, 5) is 16.7. The number of nitrogens with one attached hydrogen (secondary N) is 1. The van der Waals surface area contributed by atoms with Crippen molar-refractivity contribution < 1.29 is 14.2 Å². The molecular weight excluding hydrogens is 347 g/mol. The molecule has 0 radical (unpaired) electrons. The van der Waals surface area contributed by atoms with E-state index in [1.807, 2.05) is 0 Å². The Morgan fingerprint density at radius 2 is 1.81 bits per heavy atom. The summed E-state index contributed by atoms with van der Waals surface area (Å²) in [6.07, 6.45) is 4.71. The molecule has 1 saturated carbocycles. The van der Waals surface area contributed by atoms with Crippen LogP contribution in [0.15, 0.2) is 36.5 Å². The molecule has 0 amide bonds. The number of imidazole rings is 1. The maximum Gasteiger partial charge on any atom is 0.316 e. The van der Waals surface area contributed by atoms with Gasteiger partial charge in [-0.3, -0.25) is 0 Å². The lowest BCUT2D eigenvalue weighted by Gasteiger charge is -2.23. The monoisotopic (exact) mass is 368 g/mol. The molecular formula is C20H21FN4O2. The Morgan fingerprint density at radius 3 is 2.52 bits per heavy atom. The van der Waals surface area contributed by atoms with Crippen LogP contribution < -0.4 is 4.74 Å². The van der Waals surface area contributed by atoms with Crippen LogP contribution in [0.4, 0.5) is 4.39 Å². The number of benzene rings is 1. The molecule has 2 aromatic heterocycles. The number of H-pyrrole nitrogens is 1. The molecule has 1 aliphatic rings. The van der Waals surface area contributed by atoms with Gasteiger partial charge in [0.25, 0.3) is 0 Å². The summed E-state index contributed by atoms with van der Waals surface area (Å²) in [5.41, 5.74) is 2.94. The predicted molar refractivity (Wildman–Crippen MR) is 98.8 cm³/mol. The van der Waals surface area contributed by atoms with E-state index >= 15 is 0 Å². The van der Waals surface area contributed by atoms with E-state index in [1.165, 1.54) is 19.2 Å². The highest BCUT2D eigenvalue weighted by Gasteiger charge is 2.25. The lowest BCUT2D eigenvalue weighted by atomic mass is 9.87. The zero-order valence-corrected chi connectivity index (χ0v) is 15.0. The summed E-state index contributed by atoms with van der Waals surface area (Å²) in [7, 11) is 1.52. The van der Waals surface area contributed by atoms with Crippen molar-refractivity contribution in [3.63, 3.8) is 0 Å². The molecule has 1 aromatic carbocycles. The predicted octanol–water partition coefficient (Wildman–Crippen LogP) is 3.70. The standard InChI is InChI=1S/C20H21FN4O2/c1-27-20-22-11-10-16(23-20)18-17(12-2-6-14(21)7-3-12)24-19(25-18)13-4-8-15(26)9-5-13/h2-3,6-7,10-11,13,15,26H,4-5,8-9H2,1H3,(H,24,25). The van der Waals surface area contributed by atoms with E-state index in [2.05, 4.69) is 15.0 Å². The number of aromatic nitrogens is 4. The van der Waals surface area contributed by atoms with Gasteiger partial charge >= 0.3 is 6.01 Å². The zero-order chi connectivity index (χ0) is 18.8. The van der Waals surface area contributed by atoms with E-state index in [4.69, 9.17) is 9.72 Å². The first-order chi connectivity index (χ1) is 13.1. The number of rotatable bonds is 4. The number of nitrogens with zero attached hydrogens (tertiary/aromatic N) is 3. The summed E-state index contributed by atoms with van der Waals surface area (Å²) >= 11 is 0. The lowest BCUT2D eigenvalue weighted by molar-refractivity contribution is 0.121. The second-order valence-corrected chi connectivity index (χ2v) is 6.79. The van der Waals surface area contributed by atoms with Gasteiger partial charge in [0.1, 0.15) is 11.6 Å². The summed E-state index contributed by atoms with van der Waals surface area (Å²) in [5.74, 6) is 0.833. The quantitative estimate of drug-likeness (QED) is 0.734. The first kappa shape index (κ1) is 17.6. The van der Waals surface area contributed by atoms with E-state index < -0.39 is 0 Å². The Kier molecular flexibility index (Phi) is 4.85. The third kappa shape index (κ3) is 3.68. The molecule has 140 valence electrons. The van der Waals surface area contributed by atoms with E-state index in [0.717, 1.165) is 48.5 Å². The van der Waals surface area contributed by atoms with Crippen LogP contribution in [0.25, 0.3) is 22.6 Å². The molecule has 1 aliphatic carbocycles. The molecule has 0 saturated heterocycles. The minimum Gasteiger partial charge on any atom is -0.467 e. The molecule has 1 fully saturated rings. The van der Waals surface area contributed by atoms with E-state index in [1.54, 1.807) is 24.4 Å². The Hall–Kier alpha value is -2.80. The highest BCUT2D eigenvalue weighted by molar-refractivity contribution is 5.76. The van der Waals surface area contributed by atoms with E-state index in [-0.39, 0.29) is 23.8 Å². The maximum absolute atomic E-state index is 13.4. The molecule has 0 atom stereocenters. The fourth-order valence-corrected chi connectivity index (χ4v) is 3.51. The third-order valence-corrected chi connectivity index (χ3v) is 5.00. The molecule has 27 heavy (non-hydrogen) atoms. The summed E-state index contributed by atoms with van der Waals surface area (Å²) < 4.78 is 18.5. The van der Waals surface area contributed by atoms with Crippen molar-refractivity contribution in [1.29, 1.82) is 0 Å². The highest BCUT2D eigenvalue weighted by atomic mass is 19.1. The van der Waals surface area contributed by atoms with Crippen molar-refractivity contribution in [3.05, 3.63) is 48.2 Å². The number of aliphatic hydroxyl groups is 1. The second kappa shape index (κ2) is 7.44. The number of aliphatic hydroxyl groups excluding tert-OH is 1. The van der Waals surface area contributed by atoms with Crippen LogP contribution in [0, 0.1) is 5.82 Å². The molecule has 0 bridgehead atoms. The number of aromatic amines is 1. The average Bonchev–Trinajstić information content (AvgIpc) is 3.14. The number of halogens is 1. The minimum absolute atomic E-state index is 0.224. The molecule has 2 N–H and O–H groups in total. The van der Waals surface area contributed by atoms with Crippen molar-refractivity contribution >= 4 is 0 Å². The van der Waals surface area contributed by atoms with Crippen molar-refractivity contribution in [1.82, 2.24) is 19.9 Å². The van der Waals surface area contributed by atoms with E-state index in [9.17, 15) is 9.50 Å². The van der Waals surface area contributed by atoms with Gasteiger partial charge in [0.15, 0.2) is 0 Å². The zero-order valence-electron chi connectivity index (χ0n) is 15.0. The van der Waals surface area contributed by atoms with Gasteiger partial charge in [-0.2, -0.15) is 4.98 Å². The summed E-state index contributed by atoms with van der Waals surface area (Å²) in [6.45, 7) is 0. The Labute approximate surface area is 156 Å². The molecule has 7 heteroatoms. The number of hydrogen-bond donors (Lipinski definition) is 2. The topological polar surface area (TPSA) is 83.9 Å². The molecule has 0 aliphatic heterocycles. The number of ether oxygens (including phenoxy) is 1. The van der Waals surface area contributed by atoms with Crippen LogP contribution in [0.2, 0.25) is 0 Å². The normalized spacial score (nSPS) is 19.8. The first-order valence-electron chi connectivity index (χ1n) is 9.05. The largest absolute Gasteiger partial charge is 0.467 e. The number of methoxy groups -OCH3 is 1. The fraction of sp³-hybridized carbons (Fsp3) is 0.350. The van der Waals surface area contributed by atoms with Gasteiger partial charge in [-0.05, 0) is 56.0 Å². The Bertz CT molecular complexity index is 918. The van der Waals surface area contributed by atoms with Crippen LogP contribution in [-0.2, 0) is 0 Å². The van der Waals surface area contributed by atoms with Gasteiger partial charge in [0.2, 0.25) is 0 Å². The molecule has 2 heterocycles.